The largest absolute Gasteiger partial charge is 0.351 e. The first kappa shape index (κ1) is 22.7. The second kappa shape index (κ2) is 10.5. The maximum Gasteiger partial charge on any atom is 0.290 e. The number of pyridine rings is 1. The highest BCUT2D eigenvalue weighted by atomic mass is 32.2. The van der Waals surface area contributed by atoms with Crippen LogP contribution in [0.5, 0.6) is 0 Å². The van der Waals surface area contributed by atoms with Crippen molar-refractivity contribution in [2.24, 2.45) is 0 Å². The molecule has 1 saturated heterocycles. The normalized spacial score (nSPS) is 21.6. The Hall–Kier alpha value is -3.08. The van der Waals surface area contributed by atoms with Gasteiger partial charge in [0.15, 0.2) is 0 Å². The van der Waals surface area contributed by atoms with Gasteiger partial charge in [-0.25, -0.2) is 9.97 Å². The molecule has 0 radical (unpaired) electrons. The molecule has 1 aliphatic heterocycles. The van der Waals surface area contributed by atoms with Gasteiger partial charge in [0.2, 0.25) is 5.95 Å². The van der Waals surface area contributed by atoms with Gasteiger partial charge >= 0.3 is 0 Å². The highest BCUT2D eigenvalue weighted by Gasteiger charge is 2.25. The summed E-state index contributed by atoms with van der Waals surface area (Å²) in [6.07, 6.45) is 9.28. The molecule has 1 aliphatic carbocycles. The molecule has 0 bridgehead atoms. The fraction of sp³-hybridized carbons (Fsp3) is 0.292. The van der Waals surface area contributed by atoms with Gasteiger partial charge in [-0.2, -0.15) is 11.3 Å². The summed E-state index contributed by atoms with van der Waals surface area (Å²) in [5.41, 5.74) is 4.04. The molecule has 34 heavy (non-hydrogen) atoms. The number of hydrogen-bond donors (Lipinski definition) is 3. The number of nitrogens with one attached hydrogen (secondary N) is 3. The lowest BCUT2D eigenvalue weighted by Gasteiger charge is -2.30. The zero-order chi connectivity index (χ0) is 23.3. The van der Waals surface area contributed by atoms with Gasteiger partial charge in [0.05, 0.1) is 16.3 Å². The van der Waals surface area contributed by atoms with E-state index >= 15 is 0 Å². The predicted octanol–water partition coefficient (Wildman–Crippen LogP) is 4.44. The SMILES string of the molecule is O=C1NC(=O)/C(=C/c2ccnc(NC3CCC(NCc4cccnc4-c4ccsc4)CC3)n2)S1. The molecule has 0 spiro atoms. The number of nitrogens with zero attached hydrogens (tertiary/aromatic N) is 3. The van der Waals surface area contributed by atoms with Crippen molar-refractivity contribution in [3.8, 4) is 11.3 Å². The van der Waals surface area contributed by atoms with Crippen molar-refractivity contribution in [1.29, 1.82) is 0 Å². The number of imide groups is 1. The highest BCUT2D eigenvalue weighted by Crippen LogP contribution is 2.27. The molecule has 0 aromatic carbocycles. The van der Waals surface area contributed by atoms with Crippen molar-refractivity contribution in [2.45, 2.75) is 44.3 Å². The lowest BCUT2D eigenvalue weighted by atomic mass is 9.91. The highest BCUT2D eigenvalue weighted by molar-refractivity contribution is 8.18. The Labute approximate surface area is 205 Å². The van der Waals surface area contributed by atoms with Crippen LogP contribution >= 0.6 is 23.1 Å². The third-order valence-electron chi connectivity index (χ3n) is 5.93. The number of thioether (sulfide) groups is 1. The quantitative estimate of drug-likeness (QED) is 0.416. The summed E-state index contributed by atoms with van der Waals surface area (Å²) in [6, 6.07) is 8.73. The molecule has 10 heteroatoms. The molecule has 3 N–H and O–H groups in total. The third kappa shape index (κ3) is 5.52. The molecule has 5 rings (SSSR count). The van der Waals surface area contributed by atoms with Gasteiger partial charge in [0.25, 0.3) is 11.1 Å². The van der Waals surface area contributed by atoms with Crippen molar-refractivity contribution in [3.63, 3.8) is 0 Å². The summed E-state index contributed by atoms with van der Waals surface area (Å²) >= 11 is 2.57. The van der Waals surface area contributed by atoms with Crippen LogP contribution < -0.4 is 16.0 Å². The van der Waals surface area contributed by atoms with Gasteiger partial charge < -0.3 is 10.6 Å². The first-order valence-electron chi connectivity index (χ1n) is 11.2. The van der Waals surface area contributed by atoms with E-state index in [9.17, 15) is 9.59 Å². The van der Waals surface area contributed by atoms with E-state index in [1.54, 1.807) is 29.7 Å². The number of carbonyl (C=O) groups excluding carboxylic acids is 2. The molecular weight excluding hydrogens is 468 g/mol. The summed E-state index contributed by atoms with van der Waals surface area (Å²) in [7, 11) is 0. The monoisotopic (exact) mass is 492 g/mol. The van der Waals surface area contributed by atoms with Crippen LogP contribution in [0, 0.1) is 0 Å². The number of hydrogen-bond acceptors (Lipinski definition) is 9. The van der Waals surface area contributed by atoms with E-state index in [2.05, 4.69) is 53.8 Å². The maximum absolute atomic E-state index is 11.8. The Morgan fingerprint density at radius 2 is 1.91 bits per heavy atom. The van der Waals surface area contributed by atoms with Crippen LogP contribution in [-0.4, -0.2) is 38.2 Å². The predicted molar refractivity (Wildman–Crippen MR) is 135 cm³/mol. The molecule has 3 aromatic heterocycles. The van der Waals surface area contributed by atoms with Gasteiger partial charge in [-0.05, 0) is 72.7 Å². The summed E-state index contributed by atoms with van der Waals surface area (Å²) in [5.74, 6) is 0.152. The van der Waals surface area contributed by atoms with Crippen LogP contribution in [0.25, 0.3) is 17.3 Å². The molecule has 3 aromatic rings. The second-order valence-corrected chi connectivity index (χ2v) is 10.0. The molecule has 4 heterocycles. The number of rotatable bonds is 7. The molecule has 0 atom stereocenters. The van der Waals surface area contributed by atoms with Gasteiger partial charge in [-0.1, -0.05) is 6.07 Å². The van der Waals surface area contributed by atoms with Crippen molar-refractivity contribution >= 4 is 46.3 Å². The van der Waals surface area contributed by atoms with Crippen LogP contribution in [0.15, 0.2) is 52.3 Å². The molecular formula is C24H24N6O2S2. The molecule has 2 fully saturated rings. The smallest absolute Gasteiger partial charge is 0.290 e. The van der Waals surface area contributed by atoms with E-state index in [1.165, 1.54) is 11.1 Å². The molecule has 1 saturated carbocycles. The number of thiophene rings is 1. The van der Waals surface area contributed by atoms with Crippen molar-refractivity contribution < 1.29 is 9.59 Å². The van der Waals surface area contributed by atoms with Gasteiger partial charge in [-0.3, -0.25) is 19.9 Å². The molecule has 8 nitrogen and oxygen atoms in total. The summed E-state index contributed by atoms with van der Waals surface area (Å²) in [6.45, 7) is 0.801. The Balaban J connectivity index is 1.13. The van der Waals surface area contributed by atoms with Crippen molar-refractivity contribution in [3.05, 3.63) is 63.6 Å². The van der Waals surface area contributed by atoms with Crippen LogP contribution in [0.1, 0.15) is 36.9 Å². The minimum Gasteiger partial charge on any atom is -0.351 e. The van der Waals surface area contributed by atoms with Crippen LogP contribution in [0.3, 0.4) is 0 Å². The van der Waals surface area contributed by atoms with E-state index in [4.69, 9.17) is 0 Å². The van der Waals surface area contributed by atoms with Crippen molar-refractivity contribution in [1.82, 2.24) is 25.6 Å². The third-order valence-corrected chi connectivity index (χ3v) is 7.42. The van der Waals surface area contributed by atoms with Gasteiger partial charge in [-0.15, -0.1) is 0 Å². The van der Waals surface area contributed by atoms with Crippen LogP contribution in [-0.2, 0) is 11.3 Å². The summed E-state index contributed by atoms with van der Waals surface area (Å²) < 4.78 is 0. The lowest BCUT2D eigenvalue weighted by Crippen LogP contribution is -2.37. The lowest BCUT2D eigenvalue weighted by molar-refractivity contribution is -0.115. The second-order valence-electron chi connectivity index (χ2n) is 8.25. The molecule has 174 valence electrons. The minimum absolute atomic E-state index is 0.298. The topological polar surface area (TPSA) is 109 Å². The molecule has 2 aliphatic rings. The first-order valence-corrected chi connectivity index (χ1v) is 12.9. The average Bonchev–Trinajstić information content (AvgIpc) is 3.49. The Bertz CT molecular complexity index is 1210. The Morgan fingerprint density at radius 1 is 1.06 bits per heavy atom. The fourth-order valence-corrected chi connectivity index (χ4v) is 5.50. The van der Waals surface area contributed by atoms with Crippen molar-refractivity contribution in [2.75, 3.05) is 5.32 Å². The number of carbonyl (C=O) groups is 2. The zero-order valence-electron chi connectivity index (χ0n) is 18.4. The molecule has 0 unspecified atom stereocenters. The zero-order valence-corrected chi connectivity index (χ0v) is 20.0. The number of anilines is 1. The standard InChI is InChI=1S/C24H24N6O2S2/c31-22-20(34-24(32)30-22)12-19-7-10-26-23(29-19)28-18-5-3-17(4-6-18)27-13-15-2-1-9-25-21(15)16-8-11-33-14-16/h1-2,7-12,14,17-18,27H,3-6,13H2,(H,26,28,29)(H,30,31,32)/b20-12-. The maximum atomic E-state index is 11.8. The Morgan fingerprint density at radius 3 is 2.68 bits per heavy atom. The van der Waals surface area contributed by atoms with E-state index in [1.807, 2.05) is 12.3 Å². The Kier molecular flexibility index (Phi) is 6.98. The molecule has 2 amide bonds. The average molecular weight is 493 g/mol. The van der Waals surface area contributed by atoms with E-state index in [0.717, 1.165) is 49.7 Å². The van der Waals surface area contributed by atoms with Gasteiger partial charge in [0, 0.05) is 42.0 Å². The van der Waals surface area contributed by atoms with E-state index in [-0.39, 0.29) is 11.1 Å². The summed E-state index contributed by atoms with van der Waals surface area (Å²) in [4.78, 5) is 36.9. The summed E-state index contributed by atoms with van der Waals surface area (Å²) in [5, 5.41) is 13.2. The van der Waals surface area contributed by atoms with E-state index < -0.39 is 0 Å². The minimum atomic E-state index is -0.386. The van der Waals surface area contributed by atoms with E-state index in [0.29, 0.717) is 28.6 Å². The van der Waals surface area contributed by atoms with Crippen LogP contribution in [0.4, 0.5) is 10.7 Å². The fourth-order valence-electron chi connectivity index (χ4n) is 4.20. The number of amides is 2. The van der Waals surface area contributed by atoms with Gasteiger partial charge in [0.1, 0.15) is 0 Å². The van der Waals surface area contributed by atoms with Crippen LogP contribution in [0.2, 0.25) is 0 Å². The first-order chi connectivity index (χ1) is 16.6. The number of aromatic nitrogens is 3.